The number of hydrogen-bond acceptors (Lipinski definition) is 4. The lowest BCUT2D eigenvalue weighted by molar-refractivity contribution is -0.144. The lowest BCUT2D eigenvalue weighted by Crippen LogP contribution is -2.49. The molecular formula is C15H13NO5. The van der Waals surface area contributed by atoms with Crippen LogP contribution < -0.4 is 10.9 Å². The molecule has 6 nitrogen and oxygen atoms in total. The second kappa shape index (κ2) is 5.62. The van der Waals surface area contributed by atoms with Crippen molar-refractivity contribution in [3.8, 4) is 0 Å². The van der Waals surface area contributed by atoms with Crippen LogP contribution in [0.2, 0.25) is 0 Å². The SMILES string of the molecule is CC(NC(=O)c1ccc(=O)oc1)(C(=O)O)c1ccccc1. The van der Waals surface area contributed by atoms with Gasteiger partial charge in [0.1, 0.15) is 6.26 Å². The van der Waals surface area contributed by atoms with Gasteiger partial charge in [0.25, 0.3) is 5.91 Å². The number of carbonyl (C=O) groups is 2. The van der Waals surface area contributed by atoms with E-state index in [9.17, 15) is 19.5 Å². The Hall–Kier alpha value is -2.89. The lowest BCUT2D eigenvalue weighted by Gasteiger charge is -2.26. The smallest absolute Gasteiger partial charge is 0.335 e. The summed E-state index contributed by atoms with van der Waals surface area (Å²) < 4.78 is 4.60. The monoisotopic (exact) mass is 287 g/mol. The number of benzene rings is 1. The van der Waals surface area contributed by atoms with E-state index < -0.39 is 23.0 Å². The molecule has 0 radical (unpaired) electrons. The van der Waals surface area contributed by atoms with E-state index in [-0.39, 0.29) is 5.56 Å². The minimum atomic E-state index is -1.59. The second-order valence-electron chi connectivity index (χ2n) is 4.59. The molecule has 21 heavy (non-hydrogen) atoms. The lowest BCUT2D eigenvalue weighted by atomic mass is 9.92. The standard InChI is InChI=1S/C15H13NO5/c1-15(14(19)20,11-5-3-2-4-6-11)16-13(18)10-7-8-12(17)21-9-10/h2-9H,1H3,(H,16,18)(H,19,20). The Kier molecular flexibility index (Phi) is 3.89. The van der Waals surface area contributed by atoms with Gasteiger partial charge in [0.2, 0.25) is 0 Å². The van der Waals surface area contributed by atoms with Crippen molar-refractivity contribution in [2.75, 3.05) is 0 Å². The van der Waals surface area contributed by atoms with Gasteiger partial charge >= 0.3 is 11.6 Å². The molecule has 1 heterocycles. The highest BCUT2D eigenvalue weighted by Gasteiger charge is 2.37. The van der Waals surface area contributed by atoms with Gasteiger partial charge < -0.3 is 14.8 Å². The highest BCUT2D eigenvalue weighted by Crippen LogP contribution is 2.21. The first-order valence-electron chi connectivity index (χ1n) is 6.14. The Balaban J connectivity index is 2.33. The summed E-state index contributed by atoms with van der Waals surface area (Å²) >= 11 is 0. The van der Waals surface area contributed by atoms with Crippen molar-refractivity contribution in [1.29, 1.82) is 0 Å². The largest absolute Gasteiger partial charge is 0.479 e. The minimum absolute atomic E-state index is 0.0676. The Morgan fingerprint density at radius 3 is 2.33 bits per heavy atom. The van der Waals surface area contributed by atoms with Crippen LogP contribution in [-0.4, -0.2) is 17.0 Å². The Morgan fingerprint density at radius 2 is 1.81 bits per heavy atom. The van der Waals surface area contributed by atoms with E-state index in [1.807, 2.05) is 0 Å². The number of carboxylic acids is 1. The highest BCUT2D eigenvalue weighted by atomic mass is 16.4. The number of amides is 1. The molecule has 6 heteroatoms. The number of aliphatic carboxylic acids is 1. The van der Waals surface area contributed by atoms with Gasteiger partial charge in [0, 0.05) is 6.07 Å². The second-order valence-corrected chi connectivity index (χ2v) is 4.59. The minimum Gasteiger partial charge on any atom is -0.479 e. The fraction of sp³-hybridized carbons (Fsp3) is 0.133. The molecule has 108 valence electrons. The highest BCUT2D eigenvalue weighted by molar-refractivity contribution is 5.97. The van der Waals surface area contributed by atoms with Crippen molar-refractivity contribution in [1.82, 2.24) is 5.32 Å². The molecule has 2 aromatic rings. The van der Waals surface area contributed by atoms with Gasteiger partial charge in [-0.1, -0.05) is 30.3 Å². The van der Waals surface area contributed by atoms with Crippen molar-refractivity contribution in [3.05, 3.63) is 70.3 Å². The van der Waals surface area contributed by atoms with Gasteiger partial charge in [-0.2, -0.15) is 0 Å². The third-order valence-electron chi connectivity index (χ3n) is 3.11. The number of carbonyl (C=O) groups excluding carboxylic acids is 1. The zero-order valence-electron chi connectivity index (χ0n) is 11.2. The summed E-state index contributed by atoms with van der Waals surface area (Å²) in [7, 11) is 0. The van der Waals surface area contributed by atoms with Crippen molar-refractivity contribution < 1.29 is 19.1 Å². The van der Waals surface area contributed by atoms with Crippen LogP contribution in [0.1, 0.15) is 22.8 Å². The molecule has 1 amide bonds. The van der Waals surface area contributed by atoms with Gasteiger partial charge in [-0.25, -0.2) is 9.59 Å². The van der Waals surface area contributed by atoms with Crippen LogP contribution in [0.5, 0.6) is 0 Å². The maximum Gasteiger partial charge on any atom is 0.335 e. The third kappa shape index (κ3) is 3.00. The Bertz CT molecular complexity index is 702. The molecule has 0 aliphatic carbocycles. The zero-order valence-corrected chi connectivity index (χ0v) is 11.2. The molecule has 0 aliphatic heterocycles. The molecule has 0 bridgehead atoms. The number of nitrogens with one attached hydrogen (secondary N) is 1. The summed E-state index contributed by atoms with van der Waals surface area (Å²) in [5, 5.41) is 11.9. The van der Waals surface area contributed by atoms with E-state index in [4.69, 9.17) is 0 Å². The van der Waals surface area contributed by atoms with E-state index in [0.29, 0.717) is 5.56 Å². The molecule has 0 saturated carbocycles. The third-order valence-corrected chi connectivity index (χ3v) is 3.11. The van der Waals surface area contributed by atoms with E-state index in [2.05, 4.69) is 9.73 Å². The molecule has 2 N–H and O–H groups in total. The van der Waals surface area contributed by atoms with Crippen molar-refractivity contribution >= 4 is 11.9 Å². The molecule has 1 aromatic heterocycles. The van der Waals surface area contributed by atoms with Crippen LogP contribution in [0, 0.1) is 0 Å². The summed E-state index contributed by atoms with van der Waals surface area (Å²) in [6.07, 6.45) is 0.991. The molecule has 0 saturated heterocycles. The van der Waals surface area contributed by atoms with Gasteiger partial charge in [-0.15, -0.1) is 0 Å². The summed E-state index contributed by atoms with van der Waals surface area (Å²) in [5.41, 5.74) is -1.68. The van der Waals surface area contributed by atoms with E-state index >= 15 is 0 Å². The van der Waals surface area contributed by atoms with Crippen molar-refractivity contribution in [3.63, 3.8) is 0 Å². The fourth-order valence-electron chi connectivity index (χ4n) is 1.81. The summed E-state index contributed by atoms with van der Waals surface area (Å²) in [4.78, 5) is 34.5. The maximum absolute atomic E-state index is 12.1. The van der Waals surface area contributed by atoms with Gasteiger partial charge in [0.05, 0.1) is 5.56 Å². The predicted octanol–water partition coefficient (Wildman–Crippen LogP) is 1.37. The van der Waals surface area contributed by atoms with Crippen LogP contribution in [0.3, 0.4) is 0 Å². The Labute approximate surface area is 120 Å². The fourth-order valence-corrected chi connectivity index (χ4v) is 1.81. The number of rotatable bonds is 4. The molecule has 1 aromatic carbocycles. The summed E-state index contributed by atoms with van der Waals surface area (Å²) in [6, 6.07) is 10.7. The molecule has 2 rings (SSSR count). The predicted molar refractivity (Wildman–Crippen MR) is 73.9 cm³/mol. The molecular weight excluding hydrogens is 274 g/mol. The molecule has 1 unspecified atom stereocenters. The van der Waals surface area contributed by atoms with Crippen LogP contribution in [-0.2, 0) is 10.3 Å². The molecule has 0 spiro atoms. The first kappa shape index (κ1) is 14.5. The van der Waals surface area contributed by atoms with E-state index in [0.717, 1.165) is 12.3 Å². The van der Waals surface area contributed by atoms with Crippen molar-refractivity contribution in [2.24, 2.45) is 0 Å². The van der Waals surface area contributed by atoms with Crippen LogP contribution >= 0.6 is 0 Å². The van der Waals surface area contributed by atoms with E-state index in [1.54, 1.807) is 30.3 Å². The normalized spacial score (nSPS) is 13.2. The van der Waals surface area contributed by atoms with Crippen molar-refractivity contribution in [2.45, 2.75) is 12.5 Å². The first-order chi connectivity index (χ1) is 9.93. The zero-order chi connectivity index (χ0) is 15.5. The molecule has 0 fully saturated rings. The quantitative estimate of drug-likeness (QED) is 0.885. The Morgan fingerprint density at radius 1 is 1.14 bits per heavy atom. The van der Waals surface area contributed by atoms with Gasteiger partial charge in [0.15, 0.2) is 5.54 Å². The van der Waals surface area contributed by atoms with E-state index in [1.165, 1.54) is 13.0 Å². The first-order valence-corrected chi connectivity index (χ1v) is 6.14. The number of carboxylic acid groups (broad SMARTS) is 1. The van der Waals surface area contributed by atoms with Crippen LogP contribution in [0.15, 0.2) is 57.9 Å². The molecule has 0 aliphatic rings. The van der Waals surface area contributed by atoms with Crippen LogP contribution in [0.4, 0.5) is 0 Å². The maximum atomic E-state index is 12.1. The van der Waals surface area contributed by atoms with Gasteiger partial charge in [-0.05, 0) is 18.6 Å². The summed E-state index contributed by atoms with van der Waals surface area (Å²) in [6.45, 7) is 1.39. The molecule has 1 atom stereocenters. The van der Waals surface area contributed by atoms with Gasteiger partial charge in [-0.3, -0.25) is 4.79 Å². The number of hydrogen-bond donors (Lipinski definition) is 2. The average molecular weight is 287 g/mol. The average Bonchev–Trinajstić information content (AvgIpc) is 2.48. The van der Waals surface area contributed by atoms with Crippen LogP contribution in [0.25, 0.3) is 0 Å². The summed E-state index contributed by atoms with van der Waals surface area (Å²) in [5.74, 6) is -1.84. The topological polar surface area (TPSA) is 96.6 Å².